The predicted molar refractivity (Wildman–Crippen MR) is 109 cm³/mol. The lowest BCUT2D eigenvalue weighted by Crippen LogP contribution is -2.19. The van der Waals surface area contributed by atoms with Crippen LogP contribution in [0, 0.1) is 11.3 Å². The van der Waals surface area contributed by atoms with E-state index >= 15 is 0 Å². The molecule has 0 fully saturated rings. The molecule has 2 N–H and O–H groups in total. The number of thiazole rings is 1. The predicted octanol–water partition coefficient (Wildman–Crippen LogP) is 2.00. The number of carbonyl (C=O) groups is 1. The fourth-order valence-corrected chi connectivity index (χ4v) is 4.38. The quantitative estimate of drug-likeness (QED) is 0.598. The summed E-state index contributed by atoms with van der Waals surface area (Å²) in [6, 6.07) is 12.7. The van der Waals surface area contributed by atoms with Gasteiger partial charge in [-0.1, -0.05) is 11.3 Å². The first-order chi connectivity index (χ1) is 13.8. The molecular formula is C19H18N4O4S2. The van der Waals surface area contributed by atoms with Gasteiger partial charge < -0.3 is 9.30 Å². The molecule has 8 nitrogen and oxygen atoms in total. The summed E-state index contributed by atoms with van der Waals surface area (Å²) >= 11 is 1.19. The van der Waals surface area contributed by atoms with Crippen molar-refractivity contribution in [1.29, 1.82) is 5.26 Å². The van der Waals surface area contributed by atoms with Gasteiger partial charge in [-0.15, -0.1) is 0 Å². The van der Waals surface area contributed by atoms with Crippen molar-refractivity contribution in [3.63, 3.8) is 0 Å². The zero-order chi connectivity index (χ0) is 21.0. The van der Waals surface area contributed by atoms with E-state index in [-0.39, 0.29) is 4.90 Å². The SMILES string of the molecule is CCOCCn1c(=NC(=O)c2ccc(C#N)cc2)sc2cc(S(N)(=O)=O)ccc21. The van der Waals surface area contributed by atoms with Crippen LogP contribution in [-0.4, -0.2) is 32.1 Å². The number of sulfonamides is 1. The van der Waals surface area contributed by atoms with Gasteiger partial charge in [0.1, 0.15) is 0 Å². The van der Waals surface area contributed by atoms with Crippen molar-refractivity contribution in [3.8, 4) is 6.07 Å². The van der Waals surface area contributed by atoms with Crippen LogP contribution in [0.1, 0.15) is 22.8 Å². The van der Waals surface area contributed by atoms with E-state index in [1.54, 1.807) is 30.3 Å². The van der Waals surface area contributed by atoms with Crippen LogP contribution >= 0.6 is 11.3 Å². The van der Waals surface area contributed by atoms with Gasteiger partial charge in [0, 0.05) is 18.7 Å². The maximum Gasteiger partial charge on any atom is 0.279 e. The number of carbonyl (C=O) groups excluding carboxylic acids is 1. The van der Waals surface area contributed by atoms with Gasteiger partial charge in [0.15, 0.2) is 4.80 Å². The van der Waals surface area contributed by atoms with Gasteiger partial charge in [-0.2, -0.15) is 10.3 Å². The summed E-state index contributed by atoms with van der Waals surface area (Å²) in [4.78, 5) is 17.2. The van der Waals surface area contributed by atoms with Crippen LogP contribution in [0.5, 0.6) is 0 Å². The van der Waals surface area contributed by atoms with Crippen LogP contribution in [0.4, 0.5) is 0 Å². The lowest BCUT2D eigenvalue weighted by atomic mass is 10.1. The first-order valence-corrected chi connectivity index (χ1v) is 11.0. The van der Waals surface area contributed by atoms with E-state index in [0.717, 1.165) is 5.52 Å². The molecule has 2 aromatic carbocycles. The molecule has 29 heavy (non-hydrogen) atoms. The van der Waals surface area contributed by atoms with Gasteiger partial charge in [-0.05, 0) is 49.4 Å². The van der Waals surface area contributed by atoms with Crippen molar-refractivity contribution in [2.45, 2.75) is 18.4 Å². The second-order valence-corrected chi connectivity index (χ2v) is 8.58. The molecule has 0 bridgehead atoms. The minimum absolute atomic E-state index is 0.00632. The number of nitriles is 1. The summed E-state index contributed by atoms with van der Waals surface area (Å²) in [7, 11) is -3.84. The average Bonchev–Trinajstić information content (AvgIpc) is 3.04. The summed E-state index contributed by atoms with van der Waals surface area (Å²) in [5.74, 6) is -0.460. The van der Waals surface area contributed by atoms with Crippen molar-refractivity contribution >= 4 is 37.5 Å². The van der Waals surface area contributed by atoms with Gasteiger partial charge in [0.2, 0.25) is 10.0 Å². The highest BCUT2D eigenvalue weighted by Crippen LogP contribution is 2.21. The minimum atomic E-state index is -3.84. The Morgan fingerprint density at radius 1 is 1.28 bits per heavy atom. The maximum atomic E-state index is 12.6. The molecule has 150 valence electrons. The van der Waals surface area contributed by atoms with Crippen molar-refractivity contribution in [1.82, 2.24) is 4.57 Å². The number of benzene rings is 2. The van der Waals surface area contributed by atoms with Crippen LogP contribution in [0.3, 0.4) is 0 Å². The molecular weight excluding hydrogens is 412 g/mol. The number of hydrogen-bond donors (Lipinski definition) is 1. The molecule has 0 aliphatic rings. The average molecular weight is 431 g/mol. The summed E-state index contributed by atoms with van der Waals surface area (Å²) in [5, 5.41) is 14.1. The van der Waals surface area contributed by atoms with Gasteiger partial charge in [0.05, 0.1) is 33.4 Å². The Kier molecular flexibility index (Phi) is 6.24. The highest BCUT2D eigenvalue weighted by molar-refractivity contribution is 7.89. The number of nitrogens with two attached hydrogens (primary N) is 1. The van der Waals surface area contributed by atoms with E-state index in [2.05, 4.69) is 4.99 Å². The second-order valence-electron chi connectivity index (χ2n) is 6.01. The lowest BCUT2D eigenvalue weighted by molar-refractivity contribution is 0.0996. The molecule has 0 saturated carbocycles. The highest BCUT2D eigenvalue weighted by atomic mass is 32.2. The largest absolute Gasteiger partial charge is 0.380 e. The van der Waals surface area contributed by atoms with Crippen LogP contribution in [-0.2, 0) is 21.3 Å². The molecule has 0 atom stereocenters. The van der Waals surface area contributed by atoms with E-state index in [0.29, 0.717) is 40.4 Å². The Balaban J connectivity index is 2.10. The summed E-state index contributed by atoms with van der Waals surface area (Å²) in [5.41, 5.74) is 1.53. The number of hydrogen-bond acceptors (Lipinski definition) is 6. The van der Waals surface area contributed by atoms with E-state index in [4.69, 9.17) is 15.1 Å². The smallest absolute Gasteiger partial charge is 0.279 e. The number of rotatable bonds is 6. The minimum Gasteiger partial charge on any atom is -0.380 e. The normalized spacial score (nSPS) is 12.2. The molecule has 0 unspecified atom stereocenters. The Morgan fingerprint density at radius 2 is 2.00 bits per heavy atom. The molecule has 0 aliphatic carbocycles. The van der Waals surface area contributed by atoms with Crippen molar-refractivity contribution < 1.29 is 17.9 Å². The van der Waals surface area contributed by atoms with Crippen molar-refractivity contribution in [3.05, 3.63) is 58.4 Å². The number of primary sulfonamides is 1. The topological polar surface area (TPSA) is 128 Å². The van der Waals surface area contributed by atoms with Crippen LogP contribution in [0.2, 0.25) is 0 Å². The summed E-state index contributed by atoms with van der Waals surface area (Å²) in [6.07, 6.45) is 0. The summed E-state index contributed by atoms with van der Waals surface area (Å²) < 4.78 is 31.2. The van der Waals surface area contributed by atoms with E-state index < -0.39 is 15.9 Å². The molecule has 1 aromatic heterocycles. The van der Waals surface area contributed by atoms with Gasteiger partial charge in [0.25, 0.3) is 5.91 Å². The fraction of sp³-hybridized carbons (Fsp3) is 0.211. The molecule has 3 aromatic rings. The maximum absolute atomic E-state index is 12.6. The first-order valence-electron chi connectivity index (χ1n) is 8.66. The van der Waals surface area contributed by atoms with Gasteiger partial charge in [-0.25, -0.2) is 13.6 Å². The number of aromatic nitrogens is 1. The van der Waals surface area contributed by atoms with Crippen LogP contribution < -0.4 is 9.94 Å². The van der Waals surface area contributed by atoms with E-state index in [1.165, 1.54) is 23.5 Å². The number of amides is 1. The van der Waals surface area contributed by atoms with Crippen LogP contribution in [0.15, 0.2) is 52.4 Å². The zero-order valence-electron chi connectivity index (χ0n) is 15.5. The van der Waals surface area contributed by atoms with Crippen LogP contribution in [0.25, 0.3) is 10.2 Å². The van der Waals surface area contributed by atoms with E-state index in [1.807, 2.05) is 17.6 Å². The first kappa shape index (κ1) is 20.9. The van der Waals surface area contributed by atoms with Crippen molar-refractivity contribution in [2.24, 2.45) is 10.1 Å². The zero-order valence-corrected chi connectivity index (χ0v) is 17.2. The molecule has 1 amide bonds. The number of nitrogens with zero attached hydrogens (tertiary/aromatic N) is 3. The highest BCUT2D eigenvalue weighted by Gasteiger charge is 2.13. The Hall–Kier alpha value is -2.84. The third-order valence-electron chi connectivity index (χ3n) is 4.10. The molecule has 0 spiro atoms. The Bertz CT molecular complexity index is 1270. The third kappa shape index (κ3) is 4.78. The Labute approximate surface area is 171 Å². The summed E-state index contributed by atoms with van der Waals surface area (Å²) in [6.45, 7) is 3.29. The third-order valence-corrected chi connectivity index (χ3v) is 6.06. The van der Waals surface area contributed by atoms with Gasteiger partial charge >= 0.3 is 0 Å². The molecule has 0 saturated heterocycles. The second kappa shape index (κ2) is 8.67. The Morgan fingerprint density at radius 3 is 2.62 bits per heavy atom. The van der Waals surface area contributed by atoms with Crippen molar-refractivity contribution in [2.75, 3.05) is 13.2 Å². The van der Waals surface area contributed by atoms with E-state index in [9.17, 15) is 13.2 Å². The molecule has 0 aliphatic heterocycles. The molecule has 10 heteroatoms. The fourth-order valence-electron chi connectivity index (χ4n) is 2.67. The van der Waals surface area contributed by atoms with Gasteiger partial charge in [-0.3, -0.25) is 4.79 Å². The molecule has 3 rings (SSSR count). The lowest BCUT2D eigenvalue weighted by Gasteiger charge is -2.06. The standard InChI is InChI=1S/C19H18N4O4S2/c1-2-27-10-9-23-16-8-7-15(29(21,25)26)11-17(16)28-19(23)22-18(24)14-5-3-13(12-20)4-6-14/h3-8,11H,2,9-10H2,1H3,(H2,21,25,26). The molecule has 1 heterocycles. The number of ether oxygens (including phenoxy) is 1. The molecule has 0 radical (unpaired) electrons. The monoisotopic (exact) mass is 430 g/mol. The number of fused-ring (bicyclic) bond motifs is 1.